The molecule has 0 bridgehead atoms. The molecule has 4 rings (SSSR count). The van der Waals surface area contributed by atoms with Gasteiger partial charge in [0.25, 0.3) is 10.0 Å². The van der Waals surface area contributed by atoms with Gasteiger partial charge in [-0.2, -0.15) is 0 Å². The highest BCUT2D eigenvalue weighted by atomic mass is 35.5. The van der Waals surface area contributed by atoms with E-state index in [2.05, 4.69) is 20.0 Å². The van der Waals surface area contributed by atoms with E-state index in [1.54, 1.807) is 36.4 Å². The number of nitrogens with one attached hydrogen (secondary N) is 2. The number of fused-ring (bicyclic) bond motifs is 1. The summed E-state index contributed by atoms with van der Waals surface area (Å²) in [4.78, 5) is 8.96. The van der Waals surface area contributed by atoms with E-state index in [1.165, 1.54) is 13.0 Å². The van der Waals surface area contributed by atoms with Gasteiger partial charge in [-0.05, 0) is 67.4 Å². The Bertz CT molecular complexity index is 1410. The van der Waals surface area contributed by atoms with Crippen LogP contribution < -0.4 is 10.0 Å². The summed E-state index contributed by atoms with van der Waals surface area (Å²) in [7, 11) is -4.05. The molecule has 1 heterocycles. The Morgan fingerprint density at radius 3 is 2.26 bits per heavy atom. The number of para-hydroxylation sites is 2. The standard InChI is InChI=1S/C22H18ClFN4O2S/c1-13-12-15(24)10-11-20(13)31(29,30)28-22-21(25-17-9-5-6-16(23)14(17)2)26-18-7-3-4-8-19(18)27-22/h3-12H,1-2H3,(H,25,26)(H,27,28). The van der Waals surface area contributed by atoms with Crippen molar-refractivity contribution in [1.29, 1.82) is 0 Å². The Labute approximate surface area is 184 Å². The molecule has 3 aromatic carbocycles. The second-order valence-electron chi connectivity index (χ2n) is 6.96. The maximum atomic E-state index is 13.5. The fraction of sp³-hybridized carbons (Fsp3) is 0.0909. The molecular weight excluding hydrogens is 439 g/mol. The van der Waals surface area contributed by atoms with Crippen molar-refractivity contribution in [1.82, 2.24) is 9.97 Å². The number of anilines is 3. The monoisotopic (exact) mass is 456 g/mol. The second-order valence-corrected chi connectivity index (χ2v) is 9.02. The van der Waals surface area contributed by atoms with Gasteiger partial charge in [-0.1, -0.05) is 29.8 Å². The molecular formula is C22H18ClFN4O2S. The molecule has 0 unspecified atom stereocenters. The number of rotatable bonds is 5. The third-order valence-corrected chi connectivity index (χ3v) is 6.66. The van der Waals surface area contributed by atoms with Crippen molar-refractivity contribution in [2.45, 2.75) is 18.7 Å². The molecule has 0 radical (unpaired) electrons. The molecule has 0 spiro atoms. The molecule has 2 N–H and O–H groups in total. The molecule has 0 aliphatic carbocycles. The summed E-state index contributed by atoms with van der Waals surface area (Å²) in [6, 6.07) is 15.9. The summed E-state index contributed by atoms with van der Waals surface area (Å²) in [5.74, 6) is -0.282. The van der Waals surface area contributed by atoms with Crippen molar-refractivity contribution in [3.63, 3.8) is 0 Å². The number of hydrogen-bond acceptors (Lipinski definition) is 5. The molecule has 6 nitrogen and oxygen atoms in total. The molecule has 0 atom stereocenters. The van der Waals surface area contributed by atoms with Crippen molar-refractivity contribution in [3.05, 3.63) is 82.6 Å². The topological polar surface area (TPSA) is 84.0 Å². The summed E-state index contributed by atoms with van der Waals surface area (Å²) >= 11 is 6.21. The van der Waals surface area contributed by atoms with Crippen LogP contribution in [0, 0.1) is 19.7 Å². The van der Waals surface area contributed by atoms with E-state index in [4.69, 9.17) is 11.6 Å². The lowest BCUT2D eigenvalue weighted by Gasteiger charge is -2.16. The van der Waals surface area contributed by atoms with E-state index in [0.29, 0.717) is 21.7 Å². The fourth-order valence-corrected chi connectivity index (χ4v) is 4.54. The molecule has 4 aromatic rings. The summed E-state index contributed by atoms with van der Waals surface area (Å²) in [6.07, 6.45) is 0. The molecule has 0 aliphatic rings. The molecule has 0 saturated heterocycles. The lowest BCUT2D eigenvalue weighted by Crippen LogP contribution is -2.17. The first-order chi connectivity index (χ1) is 14.7. The van der Waals surface area contributed by atoms with Crippen LogP contribution in [0.25, 0.3) is 11.0 Å². The van der Waals surface area contributed by atoms with Crippen LogP contribution in [0.4, 0.5) is 21.7 Å². The van der Waals surface area contributed by atoms with Crippen LogP contribution in [0.3, 0.4) is 0 Å². The van der Waals surface area contributed by atoms with Crippen molar-refractivity contribution in [2.75, 3.05) is 10.0 Å². The first-order valence-corrected chi connectivity index (χ1v) is 11.2. The van der Waals surface area contributed by atoms with Crippen molar-refractivity contribution in [3.8, 4) is 0 Å². The third kappa shape index (κ3) is 4.30. The molecule has 0 saturated carbocycles. The highest BCUT2D eigenvalue weighted by Crippen LogP contribution is 2.31. The third-order valence-electron chi connectivity index (χ3n) is 4.75. The quantitative estimate of drug-likeness (QED) is 0.409. The van der Waals surface area contributed by atoms with Gasteiger partial charge in [0.05, 0.1) is 15.9 Å². The number of aromatic nitrogens is 2. The van der Waals surface area contributed by atoms with Gasteiger partial charge in [0, 0.05) is 10.7 Å². The molecule has 0 fully saturated rings. The number of aryl methyl sites for hydroxylation is 1. The predicted molar refractivity (Wildman–Crippen MR) is 121 cm³/mol. The maximum absolute atomic E-state index is 13.5. The van der Waals surface area contributed by atoms with Gasteiger partial charge in [-0.25, -0.2) is 22.8 Å². The minimum absolute atomic E-state index is 0.0156. The van der Waals surface area contributed by atoms with E-state index >= 15 is 0 Å². The van der Waals surface area contributed by atoms with Crippen LogP contribution in [0.2, 0.25) is 5.02 Å². The van der Waals surface area contributed by atoms with Crippen LogP contribution in [0.1, 0.15) is 11.1 Å². The zero-order valence-corrected chi connectivity index (χ0v) is 18.2. The summed E-state index contributed by atoms with van der Waals surface area (Å²) in [5.41, 5.74) is 2.83. The zero-order valence-electron chi connectivity index (χ0n) is 16.6. The van der Waals surface area contributed by atoms with E-state index in [9.17, 15) is 12.8 Å². The maximum Gasteiger partial charge on any atom is 0.263 e. The van der Waals surface area contributed by atoms with Crippen LogP contribution in [-0.4, -0.2) is 18.4 Å². The first kappa shape index (κ1) is 21.0. The van der Waals surface area contributed by atoms with Gasteiger partial charge in [0.1, 0.15) is 5.82 Å². The first-order valence-electron chi connectivity index (χ1n) is 9.32. The minimum Gasteiger partial charge on any atom is -0.337 e. The second kappa shape index (κ2) is 8.13. The number of halogens is 2. The molecule has 158 valence electrons. The molecule has 9 heteroatoms. The lowest BCUT2D eigenvalue weighted by molar-refractivity contribution is 0.598. The van der Waals surface area contributed by atoms with Gasteiger partial charge in [0.2, 0.25) is 0 Å². The minimum atomic E-state index is -4.05. The largest absolute Gasteiger partial charge is 0.337 e. The van der Waals surface area contributed by atoms with E-state index in [-0.39, 0.29) is 22.1 Å². The summed E-state index contributed by atoms with van der Waals surface area (Å²) < 4.78 is 42.0. The van der Waals surface area contributed by atoms with Crippen LogP contribution in [0.5, 0.6) is 0 Å². The summed E-state index contributed by atoms with van der Waals surface area (Å²) in [5, 5.41) is 3.68. The summed E-state index contributed by atoms with van der Waals surface area (Å²) in [6.45, 7) is 3.36. The van der Waals surface area contributed by atoms with Gasteiger partial charge in [-0.3, -0.25) is 4.72 Å². The SMILES string of the molecule is Cc1cc(F)ccc1S(=O)(=O)Nc1nc2ccccc2nc1Nc1cccc(Cl)c1C. The Balaban J connectivity index is 1.82. The Hall–Kier alpha value is -3.23. The van der Waals surface area contributed by atoms with Crippen LogP contribution >= 0.6 is 11.6 Å². The highest BCUT2D eigenvalue weighted by molar-refractivity contribution is 7.92. The zero-order chi connectivity index (χ0) is 22.2. The smallest absolute Gasteiger partial charge is 0.263 e. The van der Waals surface area contributed by atoms with Crippen LogP contribution in [-0.2, 0) is 10.0 Å². The Morgan fingerprint density at radius 2 is 1.58 bits per heavy atom. The average Bonchev–Trinajstić information content (AvgIpc) is 2.71. The van der Waals surface area contributed by atoms with E-state index < -0.39 is 15.8 Å². The predicted octanol–water partition coefficient (Wildman–Crippen LogP) is 5.58. The van der Waals surface area contributed by atoms with Crippen molar-refractivity contribution < 1.29 is 12.8 Å². The normalized spacial score (nSPS) is 11.5. The Kier molecular flexibility index (Phi) is 5.51. The van der Waals surface area contributed by atoms with Gasteiger partial charge in [-0.15, -0.1) is 0 Å². The van der Waals surface area contributed by atoms with Gasteiger partial charge in [0.15, 0.2) is 11.6 Å². The highest BCUT2D eigenvalue weighted by Gasteiger charge is 2.21. The average molecular weight is 457 g/mol. The van der Waals surface area contributed by atoms with E-state index in [1.807, 2.05) is 13.0 Å². The fourth-order valence-electron chi connectivity index (χ4n) is 3.13. The number of benzene rings is 3. The van der Waals surface area contributed by atoms with E-state index in [0.717, 1.165) is 17.7 Å². The molecule has 0 amide bonds. The van der Waals surface area contributed by atoms with Gasteiger partial charge >= 0.3 is 0 Å². The Morgan fingerprint density at radius 1 is 0.903 bits per heavy atom. The van der Waals surface area contributed by atoms with Crippen LogP contribution in [0.15, 0.2) is 65.6 Å². The van der Waals surface area contributed by atoms with Crippen molar-refractivity contribution in [2.24, 2.45) is 0 Å². The number of hydrogen-bond donors (Lipinski definition) is 2. The molecule has 1 aromatic heterocycles. The number of nitrogens with zero attached hydrogens (tertiary/aromatic N) is 2. The van der Waals surface area contributed by atoms with Gasteiger partial charge < -0.3 is 5.32 Å². The lowest BCUT2D eigenvalue weighted by atomic mass is 10.2. The number of sulfonamides is 1. The molecule has 0 aliphatic heterocycles. The van der Waals surface area contributed by atoms with Crippen molar-refractivity contribution >= 4 is 50.0 Å². The molecule has 31 heavy (non-hydrogen) atoms.